The van der Waals surface area contributed by atoms with Crippen molar-refractivity contribution in [3.63, 3.8) is 0 Å². The van der Waals surface area contributed by atoms with E-state index in [1.165, 1.54) is 12.1 Å². The number of hydrogen-bond acceptors (Lipinski definition) is 2. The summed E-state index contributed by atoms with van der Waals surface area (Å²) in [5.41, 5.74) is 3.81. The van der Waals surface area contributed by atoms with Gasteiger partial charge >= 0.3 is 0 Å². The predicted octanol–water partition coefficient (Wildman–Crippen LogP) is 6.38. The third-order valence-corrected chi connectivity index (χ3v) is 4.55. The van der Waals surface area contributed by atoms with Gasteiger partial charge in [-0.1, -0.05) is 30.3 Å². The number of aromatic nitrogens is 1. The van der Waals surface area contributed by atoms with E-state index in [2.05, 4.69) is 4.98 Å². The zero-order chi connectivity index (χ0) is 20.0. The molecule has 0 aliphatic rings. The highest BCUT2D eigenvalue weighted by atomic mass is 19.1. The van der Waals surface area contributed by atoms with E-state index < -0.39 is 6.37 Å². The lowest BCUT2D eigenvalue weighted by molar-refractivity contribution is 0.618. The molecule has 27 heavy (non-hydrogen) atoms. The molecule has 2 heterocycles. The Morgan fingerprint density at radius 1 is 0.815 bits per heavy atom. The molecule has 0 bridgehead atoms. The summed E-state index contributed by atoms with van der Waals surface area (Å²) < 4.78 is 36.4. The largest absolute Gasteiger partial charge is 0.456 e. The first-order valence-electron chi connectivity index (χ1n) is 9.67. The van der Waals surface area contributed by atoms with Crippen LogP contribution in [0.4, 0.5) is 4.39 Å². The second-order valence-electron chi connectivity index (χ2n) is 6.37. The van der Waals surface area contributed by atoms with Crippen LogP contribution in [0.3, 0.4) is 0 Å². The average molecular weight is 355 g/mol. The molecule has 0 unspecified atom stereocenters. The van der Waals surface area contributed by atoms with E-state index in [9.17, 15) is 4.39 Å². The quantitative estimate of drug-likeness (QED) is 0.375. The average Bonchev–Trinajstić information content (AvgIpc) is 3.11. The summed E-state index contributed by atoms with van der Waals surface area (Å²) in [7, 11) is 0. The Balaban J connectivity index is 1.62. The molecular formula is C24H16FNO. The summed E-state index contributed by atoms with van der Waals surface area (Å²) in [5, 5.41) is 1.70. The van der Waals surface area contributed by atoms with Crippen LogP contribution >= 0.6 is 0 Å². The molecule has 130 valence electrons. The summed E-state index contributed by atoms with van der Waals surface area (Å²) >= 11 is 0. The maximum atomic E-state index is 13.5. The summed E-state index contributed by atoms with van der Waals surface area (Å²) in [6.45, 7) is 0. The normalized spacial score (nSPS) is 12.9. The van der Waals surface area contributed by atoms with Gasteiger partial charge < -0.3 is 4.42 Å². The van der Waals surface area contributed by atoms with Gasteiger partial charge in [-0.05, 0) is 60.0 Å². The topological polar surface area (TPSA) is 26.0 Å². The van der Waals surface area contributed by atoms with Gasteiger partial charge in [0.15, 0.2) is 0 Å². The zero-order valence-corrected chi connectivity index (χ0v) is 14.3. The molecule has 0 fully saturated rings. The van der Waals surface area contributed by atoms with Crippen LogP contribution < -0.4 is 0 Å². The standard InChI is InChI=1S/C24H16FNO/c25-19-7-8-20-21-14-18(6-9-23(21)27-24(20)15-19)22-13-17(10-11-26-22)12-16-4-2-1-3-5-16/h1-11,13-15H,12H2/i12D2. The first kappa shape index (κ1) is 13.7. The lowest BCUT2D eigenvalue weighted by Gasteiger charge is -2.05. The molecule has 5 aromatic rings. The molecule has 0 N–H and O–H groups in total. The van der Waals surface area contributed by atoms with E-state index in [4.69, 9.17) is 7.16 Å². The number of fused-ring (bicyclic) bond motifs is 3. The Morgan fingerprint density at radius 2 is 1.70 bits per heavy atom. The Morgan fingerprint density at radius 3 is 2.59 bits per heavy atom. The second-order valence-corrected chi connectivity index (χ2v) is 6.37. The molecule has 3 heteroatoms. The maximum Gasteiger partial charge on any atom is 0.138 e. The summed E-state index contributed by atoms with van der Waals surface area (Å²) in [5.74, 6) is -0.339. The number of rotatable bonds is 3. The van der Waals surface area contributed by atoms with Crippen LogP contribution in [-0.4, -0.2) is 4.98 Å². The van der Waals surface area contributed by atoms with Gasteiger partial charge in [-0.3, -0.25) is 4.98 Å². The molecule has 0 radical (unpaired) electrons. The number of furan rings is 1. The lowest BCUT2D eigenvalue weighted by atomic mass is 10.0. The molecule has 0 amide bonds. The van der Waals surface area contributed by atoms with Gasteiger partial charge in [0, 0.05) is 31.3 Å². The number of pyridine rings is 1. The minimum Gasteiger partial charge on any atom is -0.456 e. The molecule has 0 aliphatic heterocycles. The fourth-order valence-corrected chi connectivity index (χ4v) is 3.26. The van der Waals surface area contributed by atoms with Crippen LogP contribution in [-0.2, 0) is 6.37 Å². The minimum atomic E-state index is -1.64. The van der Waals surface area contributed by atoms with E-state index in [-0.39, 0.29) is 5.82 Å². The molecule has 0 saturated heterocycles. The van der Waals surface area contributed by atoms with Crippen molar-refractivity contribution in [2.45, 2.75) is 6.37 Å². The van der Waals surface area contributed by atoms with Crippen LogP contribution in [0.5, 0.6) is 0 Å². The van der Waals surface area contributed by atoms with Gasteiger partial charge in [0.25, 0.3) is 0 Å². The summed E-state index contributed by atoms with van der Waals surface area (Å²) in [4.78, 5) is 4.44. The third-order valence-electron chi connectivity index (χ3n) is 4.55. The number of hydrogen-bond donors (Lipinski definition) is 0. The van der Waals surface area contributed by atoms with Crippen molar-refractivity contribution in [1.82, 2.24) is 4.98 Å². The van der Waals surface area contributed by atoms with Crippen molar-refractivity contribution in [3.8, 4) is 11.3 Å². The number of nitrogens with zero attached hydrogens (tertiary/aromatic N) is 1. The molecule has 3 aromatic carbocycles. The Labute approximate surface area is 158 Å². The summed E-state index contributed by atoms with van der Waals surface area (Å²) in [6, 6.07) is 22.7. The Kier molecular flexibility index (Phi) is 3.23. The van der Waals surface area contributed by atoms with Crippen molar-refractivity contribution in [2.75, 3.05) is 0 Å². The van der Waals surface area contributed by atoms with Crippen molar-refractivity contribution < 1.29 is 11.5 Å². The molecule has 0 saturated carbocycles. The van der Waals surface area contributed by atoms with E-state index in [1.54, 1.807) is 36.5 Å². The van der Waals surface area contributed by atoms with Crippen LogP contribution in [0.25, 0.3) is 33.2 Å². The van der Waals surface area contributed by atoms with Crippen LogP contribution in [0, 0.1) is 5.82 Å². The van der Waals surface area contributed by atoms with Crippen LogP contribution in [0.2, 0.25) is 0 Å². The van der Waals surface area contributed by atoms with Gasteiger partial charge in [0.1, 0.15) is 17.0 Å². The summed E-state index contributed by atoms with van der Waals surface area (Å²) in [6.07, 6.45) is -0.0125. The Hall–Kier alpha value is -3.46. The minimum absolute atomic E-state index is 0.339. The van der Waals surface area contributed by atoms with E-state index >= 15 is 0 Å². The molecular weight excluding hydrogens is 337 g/mol. The smallest absolute Gasteiger partial charge is 0.138 e. The highest BCUT2D eigenvalue weighted by Gasteiger charge is 2.10. The van der Waals surface area contributed by atoms with Gasteiger partial charge in [0.2, 0.25) is 0 Å². The second kappa shape index (κ2) is 6.36. The fourth-order valence-electron chi connectivity index (χ4n) is 3.26. The van der Waals surface area contributed by atoms with E-state index in [0.29, 0.717) is 28.0 Å². The first-order chi connectivity index (χ1) is 14.0. The first-order valence-corrected chi connectivity index (χ1v) is 8.67. The monoisotopic (exact) mass is 355 g/mol. The van der Waals surface area contributed by atoms with Crippen LogP contribution in [0.15, 0.2) is 89.5 Å². The number of halogens is 1. The molecule has 0 aliphatic carbocycles. The molecule has 0 atom stereocenters. The molecule has 2 aromatic heterocycles. The molecule has 0 spiro atoms. The zero-order valence-electron chi connectivity index (χ0n) is 16.3. The van der Waals surface area contributed by atoms with Gasteiger partial charge in [0.05, 0.1) is 5.69 Å². The highest BCUT2D eigenvalue weighted by Crippen LogP contribution is 2.32. The SMILES string of the molecule is [2H]C([2H])(c1ccccc1)c1ccnc(-c2ccc3oc4cc(F)ccc4c3c2)c1. The predicted molar refractivity (Wildman–Crippen MR) is 106 cm³/mol. The van der Waals surface area contributed by atoms with Gasteiger partial charge in [-0.15, -0.1) is 0 Å². The van der Waals surface area contributed by atoms with Crippen molar-refractivity contribution in [3.05, 3.63) is 102 Å². The van der Waals surface area contributed by atoms with E-state index in [0.717, 1.165) is 16.3 Å². The maximum absolute atomic E-state index is 13.5. The third kappa shape index (κ3) is 2.97. The van der Waals surface area contributed by atoms with Gasteiger partial charge in [-0.25, -0.2) is 4.39 Å². The Bertz CT molecular complexity index is 1350. The molecule has 2 nitrogen and oxygen atoms in total. The van der Waals surface area contributed by atoms with Crippen molar-refractivity contribution in [1.29, 1.82) is 0 Å². The van der Waals surface area contributed by atoms with Crippen LogP contribution in [0.1, 0.15) is 13.9 Å². The van der Waals surface area contributed by atoms with Crippen molar-refractivity contribution >= 4 is 21.9 Å². The van der Waals surface area contributed by atoms with Crippen molar-refractivity contribution in [2.24, 2.45) is 0 Å². The molecule has 5 rings (SSSR count). The number of benzene rings is 3. The van der Waals surface area contributed by atoms with Gasteiger partial charge in [-0.2, -0.15) is 0 Å². The van der Waals surface area contributed by atoms with E-state index in [1.807, 2.05) is 36.4 Å². The highest BCUT2D eigenvalue weighted by molar-refractivity contribution is 6.06. The lowest BCUT2D eigenvalue weighted by Crippen LogP contribution is -1.91. The fraction of sp³-hybridized carbons (Fsp3) is 0.0417.